The molecular weight excluding hydrogens is 226 g/mol. The third kappa shape index (κ3) is 4.22. The lowest BCUT2D eigenvalue weighted by Crippen LogP contribution is -2.22. The maximum Gasteiger partial charge on any atom is 0.164 e. The Morgan fingerprint density at radius 2 is 1.94 bits per heavy atom. The Labute approximate surface area is 110 Å². The monoisotopic (exact) mass is 251 g/mol. The van der Waals surface area contributed by atoms with Gasteiger partial charge in [-0.15, -0.1) is 0 Å². The summed E-state index contributed by atoms with van der Waals surface area (Å²) in [5.74, 6) is 1.66. The minimum absolute atomic E-state index is 0.128. The number of hydrogen-bond donors (Lipinski definition) is 1. The summed E-state index contributed by atoms with van der Waals surface area (Å²) >= 11 is 0. The van der Waals surface area contributed by atoms with Crippen molar-refractivity contribution in [2.24, 2.45) is 5.73 Å². The van der Waals surface area contributed by atoms with E-state index in [-0.39, 0.29) is 12.1 Å². The van der Waals surface area contributed by atoms with E-state index in [9.17, 15) is 0 Å². The maximum atomic E-state index is 6.03. The summed E-state index contributed by atoms with van der Waals surface area (Å²) in [4.78, 5) is 0. The van der Waals surface area contributed by atoms with Crippen LogP contribution in [0.4, 0.5) is 0 Å². The molecule has 1 unspecified atom stereocenters. The normalized spacial score (nSPS) is 12.6. The fourth-order valence-electron chi connectivity index (χ4n) is 1.79. The molecule has 1 aromatic carbocycles. The predicted molar refractivity (Wildman–Crippen MR) is 75.3 cm³/mol. The van der Waals surface area contributed by atoms with Crippen molar-refractivity contribution in [2.75, 3.05) is 6.61 Å². The zero-order chi connectivity index (χ0) is 13.5. The van der Waals surface area contributed by atoms with Gasteiger partial charge in [-0.25, -0.2) is 0 Å². The summed E-state index contributed by atoms with van der Waals surface area (Å²) in [7, 11) is 0. The zero-order valence-corrected chi connectivity index (χ0v) is 11.9. The Morgan fingerprint density at radius 1 is 1.22 bits per heavy atom. The first-order valence-electron chi connectivity index (χ1n) is 6.75. The van der Waals surface area contributed by atoms with E-state index in [1.54, 1.807) is 0 Å². The van der Waals surface area contributed by atoms with Crippen LogP contribution >= 0.6 is 0 Å². The molecule has 2 N–H and O–H groups in total. The molecule has 0 saturated heterocycles. The van der Waals surface area contributed by atoms with E-state index < -0.39 is 0 Å². The minimum Gasteiger partial charge on any atom is -0.490 e. The Kier molecular flexibility index (Phi) is 5.99. The molecule has 0 aliphatic heterocycles. The van der Waals surface area contributed by atoms with Crippen LogP contribution in [-0.2, 0) is 6.42 Å². The van der Waals surface area contributed by atoms with Crippen molar-refractivity contribution in [1.29, 1.82) is 0 Å². The highest BCUT2D eigenvalue weighted by Gasteiger charge is 2.14. The van der Waals surface area contributed by atoms with Gasteiger partial charge in [-0.2, -0.15) is 0 Å². The molecule has 102 valence electrons. The first-order chi connectivity index (χ1) is 8.58. The van der Waals surface area contributed by atoms with Gasteiger partial charge in [-0.1, -0.05) is 19.1 Å². The number of para-hydroxylation sites is 1. The molecule has 0 aromatic heterocycles. The van der Waals surface area contributed by atoms with Gasteiger partial charge in [0.05, 0.1) is 12.7 Å². The fraction of sp³-hybridized carbons (Fsp3) is 0.600. The number of nitrogens with two attached hydrogens (primary N) is 1. The molecule has 0 spiro atoms. The summed E-state index contributed by atoms with van der Waals surface area (Å²) < 4.78 is 11.5. The molecule has 0 heterocycles. The van der Waals surface area contributed by atoms with Crippen LogP contribution in [0.3, 0.4) is 0 Å². The lowest BCUT2D eigenvalue weighted by atomic mass is 10.0. The van der Waals surface area contributed by atoms with Crippen LogP contribution in [0, 0.1) is 0 Å². The van der Waals surface area contributed by atoms with E-state index in [2.05, 4.69) is 13.0 Å². The molecule has 3 nitrogen and oxygen atoms in total. The molecule has 3 heteroatoms. The van der Waals surface area contributed by atoms with Crippen LogP contribution in [0.25, 0.3) is 0 Å². The standard InChI is InChI=1S/C15H25NO2/c1-5-13(16)10-12-8-7-9-14(17-6-2)15(12)18-11(3)4/h7-9,11,13H,5-6,10,16H2,1-4H3. The van der Waals surface area contributed by atoms with Crippen molar-refractivity contribution in [3.63, 3.8) is 0 Å². The average Bonchev–Trinajstić information content (AvgIpc) is 2.32. The van der Waals surface area contributed by atoms with Gasteiger partial charge in [0.15, 0.2) is 11.5 Å². The van der Waals surface area contributed by atoms with Gasteiger partial charge in [0.1, 0.15) is 0 Å². The van der Waals surface area contributed by atoms with Crippen LogP contribution < -0.4 is 15.2 Å². The second kappa shape index (κ2) is 7.27. The van der Waals surface area contributed by atoms with Gasteiger partial charge < -0.3 is 15.2 Å². The largest absolute Gasteiger partial charge is 0.490 e. The molecule has 0 radical (unpaired) electrons. The SMILES string of the molecule is CCOc1cccc(CC(N)CC)c1OC(C)C. The Bertz CT molecular complexity index is 364. The van der Waals surface area contributed by atoms with Crippen LogP contribution in [0.2, 0.25) is 0 Å². The summed E-state index contributed by atoms with van der Waals surface area (Å²) in [6.45, 7) is 8.75. The van der Waals surface area contributed by atoms with E-state index in [1.807, 2.05) is 32.9 Å². The van der Waals surface area contributed by atoms with E-state index in [0.29, 0.717) is 6.61 Å². The van der Waals surface area contributed by atoms with Crippen molar-refractivity contribution in [1.82, 2.24) is 0 Å². The number of ether oxygens (including phenoxy) is 2. The van der Waals surface area contributed by atoms with Gasteiger partial charge in [-0.05, 0) is 45.2 Å². The van der Waals surface area contributed by atoms with Crippen molar-refractivity contribution in [2.45, 2.75) is 52.7 Å². The number of rotatable bonds is 7. The molecule has 18 heavy (non-hydrogen) atoms. The molecule has 0 saturated carbocycles. The Balaban J connectivity index is 3.02. The van der Waals surface area contributed by atoms with Gasteiger partial charge in [0.2, 0.25) is 0 Å². The van der Waals surface area contributed by atoms with Crippen molar-refractivity contribution < 1.29 is 9.47 Å². The van der Waals surface area contributed by atoms with Crippen molar-refractivity contribution >= 4 is 0 Å². The van der Waals surface area contributed by atoms with E-state index in [0.717, 1.165) is 29.9 Å². The quantitative estimate of drug-likeness (QED) is 0.809. The first-order valence-corrected chi connectivity index (χ1v) is 6.75. The van der Waals surface area contributed by atoms with Gasteiger partial charge in [0.25, 0.3) is 0 Å². The molecule has 0 aliphatic rings. The molecule has 1 atom stereocenters. The Hall–Kier alpha value is -1.22. The second-order valence-electron chi connectivity index (χ2n) is 4.72. The molecule has 0 fully saturated rings. The molecule has 0 bridgehead atoms. The lowest BCUT2D eigenvalue weighted by Gasteiger charge is -2.19. The molecular formula is C15H25NO2. The van der Waals surface area contributed by atoms with Crippen LogP contribution in [-0.4, -0.2) is 18.8 Å². The maximum absolute atomic E-state index is 6.03. The van der Waals surface area contributed by atoms with E-state index in [1.165, 1.54) is 0 Å². The Morgan fingerprint density at radius 3 is 2.50 bits per heavy atom. The summed E-state index contributed by atoms with van der Waals surface area (Å²) in [6.07, 6.45) is 1.91. The summed E-state index contributed by atoms with van der Waals surface area (Å²) in [5.41, 5.74) is 7.16. The topological polar surface area (TPSA) is 44.5 Å². The van der Waals surface area contributed by atoms with Gasteiger partial charge >= 0.3 is 0 Å². The zero-order valence-electron chi connectivity index (χ0n) is 11.9. The minimum atomic E-state index is 0.128. The van der Waals surface area contributed by atoms with E-state index in [4.69, 9.17) is 15.2 Å². The second-order valence-corrected chi connectivity index (χ2v) is 4.72. The number of benzene rings is 1. The smallest absolute Gasteiger partial charge is 0.164 e. The average molecular weight is 251 g/mol. The van der Waals surface area contributed by atoms with Crippen LogP contribution in [0.15, 0.2) is 18.2 Å². The highest BCUT2D eigenvalue weighted by molar-refractivity contribution is 5.47. The molecule has 1 rings (SSSR count). The van der Waals surface area contributed by atoms with Crippen LogP contribution in [0.1, 0.15) is 39.7 Å². The third-order valence-electron chi connectivity index (χ3n) is 2.72. The fourth-order valence-corrected chi connectivity index (χ4v) is 1.79. The summed E-state index contributed by atoms with van der Waals surface area (Å²) in [6, 6.07) is 6.17. The van der Waals surface area contributed by atoms with Crippen molar-refractivity contribution in [3.8, 4) is 11.5 Å². The molecule has 0 amide bonds. The van der Waals surface area contributed by atoms with Crippen molar-refractivity contribution in [3.05, 3.63) is 23.8 Å². The third-order valence-corrected chi connectivity index (χ3v) is 2.72. The van der Waals surface area contributed by atoms with Gasteiger partial charge in [0, 0.05) is 6.04 Å². The summed E-state index contributed by atoms with van der Waals surface area (Å²) in [5, 5.41) is 0. The van der Waals surface area contributed by atoms with E-state index >= 15 is 0 Å². The highest BCUT2D eigenvalue weighted by Crippen LogP contribution is 2.33. The van der Waals surface area contributed by atoms with Crippen LogP contribution in [0.5, 0.6) is 11.5 Å². The van der Waals surface area contributed by atoms with Gasteiger partial charge in [-0.3, -0.25) is 0 Å². The number of hydrogen-bond acceptors (Lipinski definition) is 3. The highest BCUT2D eigenvalue weighted by atomic mass is 16.5. The first kappa shape index (κ1) is 14.8. The predicted octanol–water partition coefficient (Wildman–Crippen LogP) is 3.15. The lowest BCUT2D eigenvalue weighted by molar-refractivity contribution is 0.221. The molecule has 1 aromatic rings. The molecule has 0 aliphatic carbocycles.